The van der Waals surface area contributed by atoms with E-state index in [1.54, 1.807) is 20.2 Å². The summed E-state index contributed by atoms with van der Waals surface area (Å²) in [6.07, 6.45) is 2.21. The van der Waals surface area contributed by atoms with Crippen molar-refractivity contribution < 1.29 is 9.53 Å². The molecule has 0 radical (unpaired) electrons. The van der Waals surface area contributed by atoms with Crippen molar-refractivity contribution in [1.29, 1.82) is 0 Å². The van der Waals surface area contributed by atoms with Gasteiger partial charge in [-0.3, -0.25) is 9.48 Å². The second-order valence-corrected chi connectivity index (χ2v) is 5.36. The third kappa shape index (κ3) is 2.87. The lowest BCUT2D eigenvalue weighted by molar-refractivity contribution is -0.118. The highest BCUT2D eigenvalue weighted by Crippen LogP contribution is 2.35. The highest BCUT2D eigenvalue weighted by Gasteiger charge is 2.31. The van der Waals surface area contributed by atoms with Gasteiger partial charge >= 0.3 is 0 Å². The van der Waals surface area contributed by atoms with Crippen LogP contribution in [-0.4, -0.2) is 22.7 Å². The number of Topliss-reactive ketones (excluding diaryl/α,β-unsaturated/α-hetero) is 1. The van der Waals surface area contributed by atoms with Crippen molar-refractivity contribution in [2.24, 2.45) is 0 Å². The molecule has 0 saturated carbocycles. The van der Waals surface area contributed by atoms with Crippen LogP contribution in [0.25, 0.3) is 0 Å². The van der Waals surface area contributed by atoms with Crippen molar-refractivity contribution >= 4 is 5.78 Å². The van der Waals surface area contributed by atoms with Crippen LogP contribution in [0.15, 0.2) is 6.20 Å². The van der Waals surface area contributed by atoms with Crippen molar-refractivity contribution in [3.8, 4) is 5.75 Å². The molecule has 0 fully saturated rings. The number of hydrogen-bond donors (Lipinski definition) is 0. The molecule has 0 N–H and O–H groups in total. The molecule has 1 aromatic rings. The molecule has 0 saturated heterocycles. The molecule has 0 aliphatic carbocycles. The fourth-order valence-corrected chi connectivity index (χ4v) is 2.24. The standard InChI is InChI=1S/C13H22N2O2/c1-9(2)15-12(11(17-6)8-14-15)13(4,5)7-10(3)16/h8-9H,7H2,1-6H3. The summed E-state index contributed by atoms with van der Waals surface area (Å²) in [4.78, 5) is 11.4. The minimum atomic E-state index is -0.266. The molecule has 96 valence electrons. The van der Waals surface area contributed by atoms with Gasteiger partial charge in [0, 0.05) is 17.9 Å². The summed E-state index contributed by atoms with van der Waals surface area (Å²) >= 11 is 0. The van der Waals surface area contributed by atoms with Gasteiger partial charge in [-0.05, 0) is 20.8 Å². The Kier molecular flexibility index (Phi) is 3.96. The van der Waals surface area contributed by atoms with Crippen LogP contribution in [-0.2, 0) is 10.2 Å². The summed E-state index contributed by atoms with van der Waals surface area (Å²) in [5.74, 6) is 0.929. The molecular weight excluding hydrogens is 216 g/mol. The van der Waals surface area contributed by atoms with Gasteiger partial charge in [0.1, 0.15) is 5.78 Å². The van der Waals surface area contributed by atoms with E-state index in [2.05, 4.69) is 18.9 Å². The summed E-state index contributed by atoms with van der Waals surface area (Å²) < 4.78 is 7.28. The lowest BCUT2D eigenvalue weighted by atomic mass is 9.83. The zero-order valence-corrected chi connectivity index (χ0v) is 11.6. The van der Waals surface area contributed by atoms with E-state index in [0.29, 0.717) is 6.42 Å². The van der Waals surface area contributed by atoms with Crippen molar-refractivity contribution in [1.82, 2.24) is 9.78 Å². The van der Waals surface area contributed by atoms with Crippen LogP contribution in [0.4, 0.5) is 0 Å². The Morgan fingerprint density at radius 3 is 2.53 bits per heavy atom. The van der Waals surface area contributed by atoms with E-state index in [1.807, 2.05) is 18.5 Å². The van der Waals surface area contributed by atoms with Crippen molar-refractivity contribution in [2.75, 3.05) is 7.11 Å². The average molecular weight is 238 g/mol. The Labute approximate surface area is 103 Å². The van der Waals surface area contributed by atoms with Crippen LogP contribution in [0.3, 0.4) is 0 Å². The van der Waals surface area contributed by atoms with Crippen LogP contribution in [0.5, 0.6) is 5.75 Å². The van der Waals surface area contributed by atoms with E-state index >= 15 is 0 Å². The molecule has 0 unspecified atom stereocenters. The van der Waals surface area contributed by atoms with E-state index in [-0.39, 0.29) is 17.2 Å². The highest BCUT2D eigenvalue weighted by atomic mass is 16.5. The smallest absolute Gasteiger partial charge is 0.160 e. The third-order valence-electron chi connectivity index (χ3n) is 2.80. The number of ether oxygens (including phenoxy) is 1. The van der Waals surface area contributed by atoms with E-state index in [4.69, 9.17) is 4.74 Å². The van der Waals surface area contributed by atoms with Crippen molar-refractivity contribution in [3.05, 3.63) is 11.9 Å². The predicted octanol–water partition coefficient (Wildman–Crippen LogP) is 2.73. The summed E-state index contributed by atoms with van der Waals surface area (Å²) in [6.45, 7) is 9.85. The topological polar surface area (TPSA) is 44.1 Å². The summed E-state index contributed by atoms with van der Waals surface area (Å²) in [6, 6.07) is 0.250. The fourth-order valence-electron chi connectivity index (χ4n) is 2.24. The number of aromatic nitrogens is 2. The lowest BCUT2D eigenvalue weighted by Crippen LogP contribution is -2.26. The van der Waals surface area contributed by atoms with Gasteiger partial charge in [0.15, 0.2) is 5.75 Å². The van der Waals surface area contributed by atoms with Gasteiger partial charge in [-0.1, -0.05) is 13.8 Å². The number of methoxy groups -OCH3 is 1. The predicted molar refractivity (Wildman–Crippen MR) is 67.5 cm³/mol. The Hall–Kier alpha value is -1.32. The molecule has 4 heteroatoms. The summed E-state index contributed by atoms with van der Waals surface area (Å²) in [7, 11) is 1.63. The maximum Gasteiger partial charge on any atom is 0.160 e. The Balaban J connectivity index is 3.26. The van der Waals surface area contributed by atoms with E-state index in [0.717, 1.165) is 11.4 Å². The second-order valence-electron chi connectivity index (χ2n) is 5.36. The quantitative estimate of drug-likeness (QED) is 0.792. The molecule has 1 aromatic heterocycles. The van der Waals surface area contributed by atoms with Gasteiger partial charge < -0.3 is 4.74 Å². The molecule has 0 spiro atoms. The van der Waals surface area contributed by atoms with Gasteiger partial charge in [0.2, 0.25) is 0 Å². The SMILES string of the molecule is COc1cnn(C(C)C)c1C(C)(C)CC(C)=O. The first kappa shape index (κ1) is 13.7. The minimum Gasteiger partial charge on any atom is -0.493 e. The molecule has 0 aliphatic rings. The summed E-state index contributed by atoms with van der Waals surface area (Å²) in [5.41, 5.74) is 0.725. The van der Waals surface area contributed by atoms with Crippen LogP contribution >= 0.6 is 0 Å². The average Bonchev–Trinajstić information content (AvgIpc) is 2.59. The molecule has 0 bridgehead atoms. The third-order valence-corrected chi connectivity index (χ3v) is 2.80. The molecule has 0 aromatic carbocycles. The maximum atomic E-state index is 11.4. The highest BCUT2D eigenvalue weighted by molar-refractivity contribution is 5.77. The van der Waals surface area contributed by atoms with Crippen LogP contribution in [0, 0.1) is 0 Å². The van der Waals surface area contributed by atoms with Gasteiger partial charge in [0.25, 0.3) is 0 Å². The van der Waals surface area contributed by atoms with Gasteiger partial charge in [-0.25, -0.2) is 0 Å². The fraction of sp³-hybridized carbons (Fsp3) is 0.692. The Morgan fingerprint density at radius 2 is 2.12 bits per heavy atom. The zero-order chi connectivity index (χ0) is 13.2. The first-order chi connectivity index (χ1) is 7.79. The van der Waals surface area contributed by atoms with E-state index in [9.17, 15) is 4.79 Å². The number of ketones is 1. The van der Waals surface area contributed by atoms with E-state index in [1.165, 1.54) is 0 Å². The monoisotopic (exact) mass is 238 g/mol. The number of hydrogen-bond acceptors (Lipinski definition) is 3. The number of carbonyl (C=O) groups excluding carboxylic acids is 1. The van der Waals surface area contributed by atoms with Crippen LogP contribution in [0.1, 0.15) is 52.8 Å². The largest absolute Gasteiger partial charge is 0.493 e. The minimum absolute atomic E-state index is 0.175. The second kappa shape index (κ2) is 4.90. The molecular formula is C13H22N2O2. The Morgan fingerprint density at radius 1 is 1.53 bits per heavy atom. The molecule has 0 aliphatic heterocycles. The Bertz CT molecular complexity index is 406. The van der Waals surface area contributed by atoms with Gasteiger partial charge in [-0.15, -0.1) is 0 Å². The lowest BCUT2D eigenvalue weighted by Gasteiger charge is -2.27. The molecule has 1 heterocycles. The molecule has 4 nitrogen and oxygen atoms in total. The normalized spacial score (nSPS) is 11.9. The molecule has 0 amide bonds. The van der Waals surface area contributed by atoms with Crippen molar-refractivity contribution in [3.63, 3.8) is 0 Å². The van der Waals surface area contributed by atoms with Crippen LogP contribution < -0.4 is 4.74 Å². The number of rotatable bonds is 5. The molecule has 0 atom stereocenters. The number of nitrogens with zero attached hydrogens (tertiary/aromatic N) is 2. The first-order valence-corrected chi connectivity index (χ1v) is 5.91. The molecule has 17 heavy (non-hydrogen) atoms. The van der Waals surface area contributed by atoms with Gasteiger partial charge in [0.05, 0.1) is 19.0 Å². The van der Waals surface area contributed by atoms with Crippen molar-refractivity contribution in [2.45, 2.75) is 52.5 Å². The zero-order valence-electron chi connectivity index (χ0n) is 11.6. The number of carbonyl (C=O) groups is 1. The molecule has 1 rings (SSSR count). The maximum absolute atomic E-state index is 11.4. The van der Waals surface area contributed by atoms with E-state index < -0.39 is 0 Å². The van der Waals surface area contributed by atoms with Crippen LogP contribution in [0.2, 0.25) is 0 Å². The first-order valence-electron chi connectivity index (χ1n) is 5.91. The van der Waals surface area contributed by atoms with Gasteiger partial charge in [-0.2, -0.15) is 5.10 Å². The summed E-state index contributed by atoms with van der Waals surface area (Å²) in [5, 5.41) is 4.34.